The van der Waals surface area contributed by atoms with Gasteiger partial charge in [0.15, 0.2) is 19.0 Å². The Morgan fingerprint density at radius 3 is 2.58 bits per heavy atom. The third-order valence-electron chi connectivity index (χ3n) is 6.16. The van der Waals surface area contributed by atoms with Crippen LogP contribution in [0.3, 0.4) is 0 Å². The summed E-state index contributed by atoms with van der Waals surface area (Å²) in [5.74, 6) is 0.222. The highest BCUT2D eigenvalue weighted by Crippen LogP contribution is 2.34. The number of carbonyl (C=O) groups is 3. The summed E-state index contributed by atoms with van der Waals surface area (Å²) in [6.07, 6.45) is 1.56. The van der Waals surface area contributed by atoms with E-state index < -0.39 is 6.04 Å². The van der Waals surface area contributed by atoms with Crippen LogP contribution >= 0.6 is 0 Å². The minimum Gasteiger partial charge on any atom is -0.485 e. The fourth-order valence-corrected chi connectivity index (χ4v) is 4.10. The number of aryl methyl sites for hydroxylation is 1. The molecule has 186 valence electrons. The first-order valence-electron chi connectivity index (χ1n) is 12.1. The van der Waals surface area contributed by atoms with Gasteiger partial charge in [-0.05, 0) is 61.2 Å². The zero-order chi connectivity index (χ0) is 25.5. The number of amides is 2. The second kappa shape index (κ2) is 11.5. The third-order valence-corrected chi connectivity index (χ3v) is 6.16. The topological polar surface area (TPSA) is 84.9 Å². The van der Waals surface area contributed by atoms with Gasteiger partial charge in [-0.1, -0.05) is 49.4 Å². The molecule has 2 amide bonds. The summed E-state index contributed by atoms with van der Waals surface area (Å²) in [5, 5.41) is 2.90. The zero-order valence-corrected chi connectivity index (χ0v) is 20.5. The molecule has 0 bridgehead atoms. The van der Waals surface area contributed by atoms with E-state index in [1.807, 2.05) is 54.6 Å². The van der Waals surface area contributed by atoms with Crippen molar-refractivity contribution in [2.24, 2.45) is 0 Å². The first-order chi connectivity index (χ1) is 17.5. The zero-order valence-electron chi connectivity index (χ0n) is 20.5. The van der Waals surface area contributed by atoms with E-state index in [9.17, 15) is 14.4 Å². The van der Waals surface area contributed by atoms with E-state index >= 15 is 0 Å². The molecule has 0 aliphatic carbocycles. The van der Waals surface area contributed by atoms with Gasteiger partial charge in [-0.3, -0.25) is 19.3 Å². The van der Waals surface area contributed by atoms with Crippen LogP contribution in [0.25, 0.3) is 0 Å². The Kier molecular flexibility index (Phi) is 8.00. The molecule has 0 fully saturated rings. The molecule has 3 aromatic carbocycles. The van der Waals surface area contributed by atoms with Crippen molar-refractivity contribution in [2.75, 3.05) is 24.7 Å². The number of Topliss-reactive ketones (excluding diaryl/α,β-unsaturated/α-hetero) is 1. The monoisotopic (exact) mass is 486 g/mol. The Balaban J connectivity index is 1.44. The van der Waals surface area contributed by atoms with Crippen molar-refractivity contribution in [3.63, 3.8) is 0 Å². The molecule has 0 unspecified atom stereocenters. The molecular weight excluding hydrogens is 456 g/mol. The van der Waals surface area contributed by atoms with Crippen LogP contribution in [-0.2, 0) is 22.4 Å². The Morgan fingerprint density at radius 2 is 1.81 bits per heavy atom. The molecule has 1 heterocycles. The van der Waals surface area contributed by atoms with Gasteiger partial charge in [-0.25, -0.2) is 0 Å². The highest BCUT2D eigenvalue weighted by atomic mass is 16.5. The average molecular weight is 487 g/mol. The van der Waals surface area contributed by atoms with E-state index in [-0.39, 0.29) is 30.8 Å². The lowest BCUT2D eigenvalue weighted by Gasteiger charge is -2.33. The molecule has 0 spiro atoms. The average Bonchev–Trinajstić information content (AvgIpc) is 2.91. The number of benzene rings is 3. The Hall–Kier alpha value is -4.13. The predicted octanol–water partition coefficient (Wildman–Crippen LogP) is 3.98. The summed E-state index contributed by atoms with van der Waals surface area (Å²) in [5.41, 5.74) is 3.01. The Morgan fingerprint density at radius 1 is 1.03 bits per heavy atom. The molecule has 0 radical (unpaired) electrons. The van der Waals surface area contributed by atoms with Gasteiger partial charge in [0.1, 0.15) is 17.5 Å². The van der Waals surface area contributed by atoms with Gasteiger partial charge in [-0.15, -0.1) is 0 Å². The smallest absolute Gasteiger partial charge is 0.265 e. The van der Waals surface area contributed by atoms with Crippen molar-refractivity contribution in [1.29, 1.82) is 0 Å². The molecular formula is C29H30N2O5. The van der Waals surface area contributed by atoms with Gasteiger partial charge in [0, 0.05) is 12.1 Å². The lowest BCUT2D eigenvalue weighted by molar-refractivity contribution is -0.127. The fraction of sp³-hybridized carbons (Fsp3) is 0.276. The molecule has 7 heteroatoms. The fourth-order valence-electron chi connectivity index (χ4n) is 4.10. The van der Waals surface area contributed by atoms with E-state index in [2.05, 4.69) is 12.2 Å². The maximum Gasteiger partial charge on any atom is 0.265 e. The maximum atomic E-state index is 12.9. The summed E-state index contributed by atoms with van der Waals surface area (Å²) >= 11 is 0. The van der Waals surface area contributed by atoms with Crippen molar-refractivity contribution in [2.45, 2.75) is 32.7 Å². The van der Waals surface area contributed by atoms with Crippen LogP contribution in [-0.4, -0.2) is 43.4 Å². The summed E-state index contributed by atoms with van der Waals surface area (Å²) < 4.78 is 11.3. The molecule has 7 nitrogen and oxygen atoms in total. The summed E-state index contributed by atoms with van der Waals surface area (Å²) in [6.45, 7) is 3.86. The molecule has 0 aromatic heterocycles. The molecule has 4 rings (SSSR count). The van der Waals surface area contributed by atoms with E-state index in [0.717, 1.165) is 17.5 Å². The van der Waals surface area contributed by atoms with Crippen LogP contribution in [0.1, 0.15) is 35.3 Å². The molecule has 3 aromatic rings. The van der Waals surface area contributed by atoms with Crippen molar-refractivity contribution >= 4 is 23.3 Å². The SMILES string of the molecule is CCc1cccc(OCC(=O)c2ccc3c(c2)N([C@H](C)C(=O)NCCc2ccccc2)C(=O)CO3)c1. The number of anilines is 1. The number of fused-ring (bicyclic) bond motifs is 1. The minimum absolute atomic E-state index is 0.143. The largest absolute Gasteiger partial charge is 0.485 e. The van der Waals surface area contributed by atoms with Gasteiger partial charge < -0.3 is 14.8 Å². The first-order valence-corrected chi connectivity index (χ1v) is 12.1. The number of ketones is 1. The maximum absolute atomic E-state index is 12.9. The van der Waals surface area contributed by atoms with Crippen molar-refractivity contribution in [3.05, 3.63) is 89.5 Å². The lowest BCUT2D eigenvalue weighted by atomic mass is 10.1. The van der Waals surface area contributed by atoms with Crippen LogP contribution in [0.2, 0.25) is 0 Å². The van der Waals surface area contributed by atoms with E-state index in [0.29, 0.717) is 35.7 Å². The highest BCUT2D eigenvalue weighted by molar-refractivity contribution is 6.05. The first kappa shape index (κ1) is 25.0. The molecule has 1 aliphatic rings. The van der Waals surface area contributed by atoms with E-state index in [4.69, 9.17) is 9.47 Å². The summed E-state index contributed by atoms with van der Waals surface area (Å²) in [6, 6.07) is 21.6. The second-order valence-corrected chi connectivity index (χ2v) is 8.65. The molecule has 0 saturated carbocycles. The van der Waals surface area contributed by atoms with Crippen LogP contribution < -0.4 is 19.7 Å². The Bertz CT molecular complexity index is 1240. The van der Waals surface area contributed by atoms with Gasteiger partial charge >= 0.3 is 0 Å². The normalized spacial score (nSPS) is 13.4. The molecule has 1 atom stereocenters. The molecule has 36 heavy (non-hydrogen) atoms. The number of hydrogen-bond donors (Lipinski definition) is 1. The lowest BCUT2D eigenvalue weighted by Crippen LogP contribution is -2.51. The van der Waals surface area contributed by atoms with Crippen molar-refractivity contribution in [1.82, 2.24) is 5.32 Å². The molecule has 1 aliphatic heterocycles. The highest BCUT2D eigenvalue weighted by Gasteiger charge is 2.33. The quantitative estimate of drug-likeness (QED) is 0.438. The van der Waals surface area contributed by atoms with Crippen LogP contribution in [0.5, 0.6) is 11.5 Å². The van der Waals surface area contributed by atoms with Crippen LogP contribution in [0.15, 0.2) is 72.8 Å². The number of nitrogens with one attached hydrogen (secondary N) is 1. The van der Waals surface area contributed by atoms with Crippen LogP contribution in [0.4, 0.5) is 5.69 Å². The molecule has 1 N–H and O–H groups in total. The number of ether oxygens (including phenoxy) is 2. The minimum atomic E-state index is -0.769. The summed E-state index contributed by atoms with van der Waals surface area (Å²) in [4.78, 5) is 39.9. The number of nitrogens with zero attached hydrogens (tertiary/aromatic N) is 1. The predicted molar refractivity (Wildman–Crippen MR) is 138 cm³/mol. The van der Waals surface area contributed by atoms with Gasteiger partial charge in [0.25, 0.3) is 5.91 Å². The standard InChI is InChI=1S/C29H30N2O5/c1-3-21-10-7-11-24(16-21)35-18-26(32)23-12-13-27-25(17-23)31(28(33)19-36-27)20(2)29(34)30-15-14-22-8-5-4-6-9-22/h4-13,16-17,20H,3,14-15,18-19H2,1-2H3,(H,30,34)/t20-/m1/s1. The second-order valence-electron chi connectivity index (χ2n) is 8.65. The van der Waals surface area contributed by atoms with E-state index in [1.165, 1.54) is 4.90 Å². The van der Waals surface area contributed by atoms with Crippen molar-refractivity contribution in [3.8, 4) is 11.5 Å². The molecule has 0 saturated heterocycles. The van der Waals surface area contributed by atoms with Crippen LogP contribution in [0, 0.1) is 0 Å². The van der Waals surface area contributed by atoms with Gasteiger partial charge in [-0.2, -0.15) is 0 Å². The van der Waals surface area contributed by atoms with Gasteiger partial charge in [0.2, 0.25) is 5.91 Å². The van der Waals surface area contributed by atoms with Gasteiger partial charge in [0.05, 0.1) is 5.69 Å². The Labute approximate surface area is 211 Å². The summed E-state index contributed by atoms with van der Waals surface area (Å²) in [7, 11) is 0. The number of rotatable bonds is 10. The van der Waals surface area contributed by atoms with E-state index in [1.54, 1.807) is 25.1 Å². The number of hydrogen-bond acceptors (Lipinski definition) is 5. The third kappa shape index (κ3) is 5.92. The van der Waals surface area contributed by atoms with Crippen molar-refractivity contribution < 1.29 is 23.9 Å². The number of carbonyl (C=O) groups excluding carboxylic acids is 3.